The smallest absolute Gasteiger partial charge is 0.342 e. The first-order valence-electron chi connectivity index (χ1n) is 8.13. The quantitative estimate of drug-likeness (QED) is 0.236. The molecule has 0 atom stereocenters. The predicted molar refractivity (Wildman–Crippen MR) is 104 cm³/mol. The molecule has 22 heavy (non-hydrogen) atoms. The number of hydrogen-bond acceptors (Lipinski definition) is 2. The number of allylic oxidation sites excluding steroid dienone is 4. The summed E-state index contributed by atoms with van der Waals surface area (Å²) in [4.78, 5) is 11.1. The van der Waals surface area contributed by atoms with Crippen LogP contribution < -0.4 is 0 Å². The maximum Gasteiger partial charge on any atom is 0.342 e. The SMILES string of the molecule is C=CC(=C)C(=O)OC(=C)/C=C\C=C/C.CC.CC.CC.CC. The Kier molecular flexibility index (Phi) is 53.4. The largest absolute Gasteiger partial charge is 0.424 e. The minimum atomic E-state index is -0.532. The van der Waals surface area contributed by atoms with Gasteiger partial charge >= 0.3 is 5.97 Å². The molecule has 0 fully saturated rings. The van der Waals surface area contributed by atoms with Crippen LogP contribution in [0.5, 0.6) is 0 Å². The van der Waals surface area contributed by atoms with Crippen molar-refractivity contribution < 1.29 is 9.53 Å². The van der Waals surface area contributed by atoms with Gasteiger partial charge in [-0.25, -0.2) is 4.79 Å². The number of carbonyl (C=O) groups is 1. The highest BCUT2D eigenvalue weighted by Crippen LogP contribution is 2.02. The molecule has 0 saturated carbocycles. The van der Waals surface area contributed by atoms with Gasteiger partial charge in [0.15, 0.2) is 0 Å². The van der Waals surface area contributed by atoms with E-state index in [1.165, 1.54) is 6.08 Å². The molecule has 0 rings (SSSR count). The summed E-state index contributed by atoms with van der Waals surface area (Å²) in [5, 5.41) is 0. The van der Waals surface area contributed by atoms with Crippen LogP contribution in [0.4, 0.5) is 0 Å². The molecule has 2 nitrogen and oxygen atoms in total. The Morgan fingerprint density at radius 3 is 1.59 bits per heavy atom. The molecular formula is C20H38O2. The summed E-state index contributed by atoms with van der Waals surface area (Å²) in [5.74, 6) is -0.258. The van der Waals surface area contributed by atoms with Crippen LogP contribution in [-0.2, 0) is 9.53 Å². The Bertz CT molecular complexity index is 308. The molecule has 0 saturated heterocycles. The van der Waals surface area contributed by atoms with Crippen LogP contribution in [-0.4, -0.2) is 5.97 Å². The molecule has 0 unspecified atom stereocenters. The summed E-state index contributed by atoms with van der Waals surface area (Å²) < 4.78 is 4.82. The highest BCUT2D eigenvalue weighted by atomic mass is 16.5. The molecule has 0 spiro atoms. The van der Waals surface area contributed by atoms with Gasteiger partial charge in [0.2, 0.25) is 0 Å². The minimum absolute atomic E-state index is 0.214. The highest BCUT2D eigenvalue weighted by molar-refractivity contribution is 5.91. The van der Waals surface area contributed by atoms with Gasteiger partial charge in [0, 0.05) is 0 Å². The third kappa shape index (κ3) is 30.9. The first-order chi connectivity index (χ1) is 10.6. The topological polar surface area (TPSA) is 26.3 Å². The van der Waals surface area contributed by atoms with Gasteiger partial charge in [0.1, 0.15) is 5.76 Å². The Labute approximate surface area is 140 Å². The van der Waals surface area contributed by atoms with E-state index in [0.29, 0.717) is 0 Å². The van der Waals surface area contributed by atoms with E-state index in [-0.39, 0.29) is 11.3 Å². The van der Waals surface area contributed by atoms with Crippen LogP contribution in [0, 0.1) is 0 Å². The van der Waals surface area contributed by atoms with Gasteiger partial charge in [0.05, 0.1) is 5.57 Å². The van der Waals surface area contributed by atoms with Crippen LogP contribution >= 0.6 is 0 Å². The van der Waals surface area contributed by atoms with Crippen molar-refractivity contribution in [1.29, 1.82) is 0 Å². The summed E-state index contributed by atoms with van der Waals surface area (Å²) >= 11 is 0. The Morgan fingerprint density at radius 1 is 0.864 bits per heavy atom. The summed E-state index contributed by atoms with van der Waals surface area (Å²) in [5.41, 5.74) is 0.214. The fourth-order valence-electron chi connectivity index (χ4n) is 0.576. The van der Waals surface area contributed by atoms with E-state index < -0.39 is 5.97 Å². The van der Waals surface area contributed by atoms with Crippen molar-refractivity contribution in [2.75, 3.05) is 0 Å². The van der Waals surface area contributed by atoms with E-state index in [1.54, 1.807) is 18.2 Å². The Morgan fingerprint density at radius 2 is 1.27 bits per heavy atom. The fraction of sp³-hybridized carbons (Fsp3) is 0.450. The zero-order valence-electron chi connectivity index (χ0n) is 16.3. The van der Waals surface area contributed by atoms with E-state index in [4.69, 9.17) is 4.74 Å². The molecule has 0 bridgehead atoms. The first-order valence-corrected chi connectivity index (χ1v) is 8.13. The van der Waals surface area contributed by atoms with E-state index in [0.717, 1.165) is 0 Å². The van der Waals surface area contributed by atoms with Crippen LogP contribution in [0.25, 0.3) is 0 Å². The van der Waals surface area contributed by atoms with Gasteiger partial charge in [-0.1, -0.05) is 99.4 Å². The van der Waals surface area contributed by atoms with E-state index in [2.05, 4.69) is 19.7 Å². The van der Waals surface area contributed by atoms with E-state index in [1.807, 2.05) is 68.4 Å². The van der Waals surface area contributed by atoms with Crippen molar-refractivity contribution in [3.63, 3.8) is 0 Å². The molecule has 0 heterocycles. The van der Waals surface area contributed by atoms with E-state index in [9.17, 15) is 4.79 Å². The fourth-order valence-corrected chi connectivity index (χ4v) is 0.576. The van der Waals surface area contributed by atoms with Gasteiger partial charge in [-0.15, -0.1) is 0 Å². The van der Waals surface area contributed by atoms with Crippen LogP contribution in [0.3, 0.4) is 0 Å². The molecule has 0 radical (unpaired) electrons. The number of carbonyl (C=O) groups excluding carboxylic acids is 1. The van der Waals surface area contributed by atoms with Gasteiger partial charge in [-0.2, -0.15) is 0 Å². The lowest BCUT2D eigenvalue weighted by molar-refractivity contribution is -0.134. The van der Waals surface area contributed by atoms with Crippen LogP contribution in [0.2, 0.25) is 0 Å². The zero-order valence-corrected chi connectivity index (χ0v) is 16.3. The normalized spacial score (nSPS) is 7.68. The molecule has 0 amide bonds. The summed E-state index contributed by atoms with van der Waals surface area (Å²) in [7, 11) is 0. The van der Waals surface area contributed by atoms with E-state index >= 15 is 0 Å². The van der Waals surface area contributed by atoms with Gasteiger partial charge in [-0.3, -0.25) is 0 Å². The van der Waals surface area contributed by atoms with Crippen LogP contribution in [0.1, 0.15) is 62.3 Å². The minimum Gasteiger partial charge on any atom is -0.424 e. The second-order valence-electron chi connectivity index (χ2n) is 2.47. The second kappa shape index (κ2) is 36.5. The monoisotopic (exact) mass is 310 g/mol. The van der Waals surface area contributed by atoms with Crippen LogP contribution in [0.15, 0.2) is 61.4 Å². The van der Waals surface area contributed by atoms with Crippen molar-refractivity contribution in [2.45, 2.75) is 62.3 Å². The van der Waals surface area contributed by atoms with Crippen molar-refractivity contribution in [1.82, 2.24) is 0 Å². The maximum absolute atomic E-state index is 11.1. The molecule has 0 aliphatic carbocycles. The lowest BCUT2D eigenvalue weighted by Crippen LogP contribution is -2.03. The number of rotatable bonds is 5. The first kappa shape index (κ1) is 32.2. The maximum atomic E-state index is 11.1. The number of ether oxygens (including phenoxy) is 1. The Hall–Kier alpha value is -1.83. The average Bonchev–Trinajstić information content (AvgIpc) is 2.61. The van der Waals surface area contributed by atoms with Crippen molar-refractivity contribution in [2.24, 2.45) is 0 Å². The Balaban J connectivity index is -0.000000103. The van der Waals surface area contributed by atoms with Gasteiger partial charge in [-0.05, 0) is 13.0 Å². The third-order valence-corrected chi connectivity index (χ3v) is 1.32. The molecule has 0 aromatic heterocycles. The summed E-state index contributed by atoms with van der Waals surface area (Å²) in [6, 6.07) is 0. The number of hydrogen-bond donors (Lipinski definition) is 0. The van der Waals surface area contributed by atoms with Crippen molar-refractivity contribution in [3.8, 4) is 0 Å². The van der Waals surface area contributed by atoms with Crippen molar-refractivity contribution >= 4 is 5.97 Å². The van der Waals surface area contributed by atoms with Gasteiger partial charge in [0.25, 0.3) is 0 Å². The molecule has 0 aliphatic heterocycles. The van der Waals surface area contributed by atoms with Crippen molar-refractivity contribution in [3.05, 3.63) is 61.4 Å². The number of esters is 1. The molecule has 0 N–H and O–H groups in total. The standard InChI is InChI=1S/C12H14O2.4C2H6/c1-5-7-8-9-11(4)14-12(13)10(3)6-2;4*1-2/h5-9H,2-4H2,1H3;4*1-2H3/b7-5-,9-8-;;;;. The second-order valence-corrected chi connectivity index (χ2v) is 2.47. The molecule has 0 aromatic carbocycles. The third-order valence-electron chi connectivity index (χ3n) is 1.32. The summed E-state index contributed by atoms with van der Waals surface area (Å²) in [6.45, 7) is 28.3. The molecular weight excluding hydrogens is 272 g/mol. The zero-order chi connectivity index (χ0) is 19.0. The van der Waals surface area contributed by atoms with Gasteiger partial charge < -0.3 is 4.74 Å². The lowest BCUT2D eigenvalue weighted by atomic mass is 10.3. The highest BCUT2D eigenvalue weighted by Gasteiger charge is 2.04. The molecule has 0 aromatic rings. The lowest BCUT2D eigenvalue weighted by Gasteiger charge is -2.01. The molecule has 0 aliphatic rings. The molecule has 2 heteroatoms. The average molecular weight is 311 g/mol. The molecule has 130 valence electrons. The summed E-state index contributed by atoms with van der Waals surface area (Å²) in [6.07, 6.45) is 8.32. The predicted octanol–water partition coefficient (Wildman–Crippen LogP) is 7.02.